The Morgan fingerprint density at radius 1 is 1.24 bits per heavy atom. The van der Waals surface area contributed by atoms with Gasteiger partial charge in [-0.1, -0.05) is 12.1 Å². The molecule has 21 heavy (non-hydrogen) atoms. The highest BCUT2D eigenvalue weighted by atomic mass is 19.1. The second kappa shape index (κ2) is 6.30. The maximum atomic E-state index is 13.7. The summed E-state index contributed by atoms with van der Waals surface area (Å²) < 4.78 is 26.7. The molecule has 0 radical (unpaired) electrons. The summed E-state index contributed by atoms with van der Waals surface area (Å²) in [6.45, 7) is 1.79. The summed E-state index contributed by atoms with van der Waals surface area (Å²) in [7, 11) is 0. The van der Waals surface area contributed by atoms with Gasteiger partial charge < -0.3 is 5.32 Å². The summed E-state index contributed by atoms with van der Waals surface area (Å²) in [4.78, 5) is 10.1. The number of nitrogens with zero attached hydrogens (tertiary/aromatic N) is 1. The van der Waals surface area contributed by atoms with Gasteiger partial charge in [-0.3, -0.25) is 10.1 Å². The molecule has 1 atom stereocenters. The molecule has 0 amide bonds. The van der Waals surface area contributed by atoms with Crippen LogP contribution in [0.15, 0.2) is 42.5 Å². The summed E-state index contributed by atoms with van der Waals surface area (Å²) in [5, 5.41) is 13.6. The molecule has 0 aromatic heterocycles. The maximum Gasteiger partial charge on any atom is 0.271 e. The van der Waals surface area contributed by atoms with Gasteiger partial charge in [-0.05, 0) is 37.1 Å². The monoisotopic (exact) mass is 292 g/mol. The number of hydrogen-bond donors (Lipinski definition) is 1. The van der Waals surface area contributed by atoms with Gasteiger partial charge in [0.05, 0.1) is 10.6 Å². The van der Waals surface area contributed by atoms with E-state index in [1.807, 2.05) is 0 Å². The van der Waals surface area contributed by atoms with E-state index in [1.54, 1.807) is 19.1 Å². The Labute approximate surface area is 120 Å². The van der Waals surface area contributed by atoms with Crippen LogP contribution in [0.5, 0.6) is 0 Å². The Hall–Kier alpha value is -2.50. The van der Waals surface area contributed by atoms with Crippen LogP contribution in [0.2, 0.25) is 0 Å². The van der Waals surface area contributed by atoms with Gasteiger partial charge in [-0.25, -0.2) is 8.78 Å². The number of anilines is 1. The van der Waals surface area contributed by atoms with E-state index in [0.29, 0.717) is 6.42 Å². The molecule has 1 N–H and O–H groups in total. The number of nitro groups is 1. The van der Waals surface area contributed by atoms with Crippen molar-refractivity contribution in [3.8, 4) is 0 Å². The van der Waals surface area contributed by atoms with Crippen molar-refractivity contribution in [2.24, 2.45) is 0 Å². The summed E-state index contributed by atoms with van der Waals surface area (Å²) in [6.07, 6.45) is 0.472. The smallest absolute Gasteiger partial charge is 0.271 e. The predicted molar refractivity (Wildman–Crippen MR) is 76.2 cm³/mol. The normalized spacial score (nSPS) is 12.0. The SMILES string of the molecule is CC(Cc1cccc(F)c1)Nc1cc([N+](=O)[O-])ccc1F. The molecular formula is C15H14F2N2O2. The molecule has 6 heteroatoms. The first-order valence-electron chi connectivity index (χ1n) is 6.40. The Kier molecular flexibility index (Phi) is 4.47. The van der Waals surface area contributed by atoms with Crippen LogP contribution in [0.1, 0.15) is 12.5 Å². The van der Waals surface area contributed by atoms with Gasteiger partial charge in [-0.2, -0.15) is 0 Å². The van der Waals surface area contributed by atoms with Crippen molar-refractivity contribution in [1.82, 2.24) is 0 Å². The number of nitro benzene ring substituents is 1. The van der Waals surface area contributed by atoms with Crippen LogP contribution in [0.25, 0.3) is 0 Å². The van der Waals surface area contributed by atoms with Crippen LogP contribution in [-0.4, -0.2) is 11.0 Å². The topological polar surface area (TPSA) is 55.2 Å². The lowest BCUT2D eigenvalue weighted by molar-refractivity contribution is -0.384. The minimum Gasteiger partial charge on any atom is -0.380 e. The third kappa shape index (κ3) is 3.98. The molecule has 0 saturated heterocycles. The summed E-state index contributed by atoms with van der Waals surface area (Å²) >= 11 is 0. The lowest BCUT2D eigenvalue weighted by atomic mass is 10.1. The molecule has 4 nitrogen and oxygen atoms in total. The van der Waals surface area contributed by atoms with E-state index in [0.717, 1.165) is 23.8 Å². The quantitative estimate of drug-likeness (QED) is 0.671. The first kappa shape index (κ1) is 14.9. The molecule has 0 aliphatic heterocycles. The molecule has 0 aliphatic rings. The van der Waals surface area contributed by atoms with Gasteiger partial charge in [0, 0.05) is 18.2 Å². The average molecular weight is 292 g/mol. The standard InChI is InChI=1S/C15H14F2N2O2/c1-10(7-11-3-2-4-12(16)8-11)18-15-9-13(19(20)21)5-6-14(15)17/h2-6,8-10,18H,7H2,1H3. The Morgan fingerprint density at radius 3 is 2.67 bits per heavy atom. The molecule has 0 heterocycles. The van der Waals surface area contributed by atoms with Crippen LogP contribution in [0.4, 0.5) is 20.2 Å². The van der Waals surface area contributed by atoms with Crippen LogP contribution < -0.4 is 5.32 Å². The van der Waals surface area contributed by atoms with Gasteiger partial charge in [0.25, 0.3) is 5.69 Å². The number of halogens is 2. The predicted octanol–water partition coefficient (Wildman–Crippen LogP) is 3.92. The lowest BCUT2D eigenvalue weighted by Crippen LogP contribution is -2.19. The zero-order valence-corrected chi connectivity index (χ0v) is 11.3. The van der Waals surface area contributed by atoms with Crippen molar-refractivity contribution >= 4 is 11.4 Å². The second-order valence-electron chi connectivity index (χ2n) is 4.80. The van der Waals surface area contributed by atoms with Crippen LogP contribution in [0.3, 0.4) is 0 Å². The molecule has 110 valence electrons. The lowest BCUT2D eigenvalue weighted by Gasteiger charge is -2.16. The van der Waals surface area contributed by atoms with Crippen LogP contribution in [-0.2, 0) is 6.42 Å². The highest BCUT2D eigenvalue weighted by Gasteiger charge is 2.13. The van der Waals surface area contributed by atoms with E-state index < -0.39 is 10.7 Å². The van der Waals surface area contributed by atoms with E-state index in [1.165, 1.54) is 12.1 Å². The number of non-ortho nitro benzene ring substituents is 1. The summed E-state index contributed by atoms with van der Waals surface area (Å²) in [5.74, 6) is -0.895. The maximum absolute atomic E-state index is 13.7. The van der Waals surface area contributed by atoms with Crippen molar-refractivity contribution in [3.05, 3.63) is 69.8 Å². The van der Waals surface area contributed by atoms with Gasteiger partial charge in [0.2, 0.25) is 0 Å². The van der Waals surface area contributed by atoms with Crippen LogP contribution in [0, 0.1) is 21.7 Å². The third-order valence-electron chi connectivity index (χ3n) is 2.99. The molecule has 2 aromatic rings. The molecular weight excluding hydrogens is 278 g/mol. The van der Waals surface area contributed by atoms with E-state index in [4.69, 9.17) is 0 Å². The van der Waals surface area contributed by atoms with E-state index in [-0.39, 0.29) is 23.2 Å². The molecule has 2 rings (SSSR count). The van der Waals surface area contributed by atoms with Crippen molar-refractivity contribution in [1.29, 1.82) is 0 Å². The fourth-order valence-corrected chi connectivity index (χ4v) is 2.07. The molecule has 2 aromatic carbocycles. The zero-order chi connectivity index (χ0) is 15.4. The average Bonchev–Trinajstić information content (AvgIpc) is 2.41. The van der Waals surface area contributed by atoms with Crippen molar-refractivity contribution < 1.29 is 13.7 Å². The Morgan fingerprint density at radius 2 is 2.00 bits per heavy atom. The summed E-state index contributed by atoms with van der Waals surface area (Å²) in [6, 6.07) is 9.23. The van der Waals surface area contributed by atoms with Crippen molar-refractivity contribution in [2.75, 3.05) is 5.32 Å². The summed E-state index contributed by atoms with van der Waals surface area (Å²) in [5.41, 5.74) is 0.644. The minimum atomic E-state index is -0.581. The number of rotatable bonds is 5. The first-order chi connectivity index (χ1) is 9.95. The highest BCUT2D eigenvalue weighted by Crippen LogP contribution is 2.22. The number of benzene rings is 2. The van der Waals surface area contributed by atoms with E-state index in [2.05, 4.69) is 5.32 Å². The number of nitrogens with one attached hydrogen (secondary N) is 1. The molecule has 0 bridgehead atoms. The highest BCUT2D eigenvalue weighted by molar-refractivity contribution is 5.52. The molecule has 0 aliphatic carbocycles. The molecule has 0 saturated carbocycles. The van der Waals surface area contributed by atoms with E-state index in [9.17, 15) is 18.9 Å². The van der Waals surface area contributed by atoms with Gasteiger partial charge in [0.1, 0.15) is 11.6 Å². The van der Waals surface area contributed by atoms with Crippen molar-refractivity contribution in [3.63, 3.8) is 0 Å². The van der Waals surface area contributed by atoms with Crippen LogP contribution >= 0.6 is 0 Å². The van der Waals surface area contributed by atoms with E-state index >= 15 is 0 Å². The largest absolute Gasteiger partial charge is 0.380 e. The van der Waals surface area contributed by atoms with Gasteiger partial charge >= 0.3 is 0 Å². The minimum absolute atomic E-state index is 0.0631. The van der Waals surface area contributed by atoms with Gasteiger partial charge in [-0.15, -0.1) is 0 Å². The first-order valence-corrected chi connectivity index (χ1v) is 6.40. The fraction of sp³-hybridized carbons (Fsp3) is 0.200. The number of hydrogen-bond acceptors (Lipinski definition) is 3. The zero-order valence-electron chi connectivity index (χ0n) is 11.3. The second-order valence-corrected chi connectivity index (χ2v) is 4.80. The van der Waals surface area contributed by atoms with Crippen molar-refractivity contribution in [2.45, 2.75) is 19.4 Å². The fourth-order valence-electron chi connectivity index (χ4n) is 2.07. The Bertz CT molecular complexity index is 662. The molecule has 0 spiro atoms. The van der Waals surface area contributed by atoms with Gasteiger partial charge in [0.15, 0.2) is 0 Å². The molecule has 0 fully saturated rings. The third-order valence-corrected chi connectivity index (χ3v) is 2.99. The Balaban J connectivity index is 2.10. The molecule has 1 unspecified atom stereocenters.